The molecule has 162 valence electrons. The highest BCUT2D eigenvalue weighted by atomic mass is 32.2. The fourth-order valence-corrected chi connectivity index (χ4v) is 5.18. The number of rotatable bonds is 9. The van der Waals surface area contributed by atoms with Gasteiger partial charge in [-0.1, -0.05) is 18.2 Å². The SMILES string of the molecule is CCN(CCCNC(=O)C1CCN(S(=O)(=O)c2cccnc2)CC1)c1ccccc1. The normalized spacial score (nSPS) is 15.6. The fraction of sp³-hybridized carbons (Fsp3) is 0.455. The minimum Gasteiger partial charge on any atom is -0.372 e. The minimum atomic E-state index is -3.54. The molecule has 8 heteroatoms. The standard InChI is InChI=1S/C22H30N4O3S/c1-2-25(20-8-4-3-5-9-20)15-7-14-24-22(27)19-11-16-26(17-12-19)30(28,29)21-10-6-13-23-18-21/h3-6,8-10,13,18-19H,2,7,11-12,14-17H2,1H3,(H,24,27). The number of hydrogen-bond donors (Lipinski definition) is 1. The van der Waals surface area contributed by atoms with Crippen molar-refractivity contribution in [2.45, 2.75) is 31.1 Å². The van der Waals surface area contributed by atoms with Gasteiger partial charge >= 0.3 is 0 Å². The van der Waals surface area contributed by atoms with Crippen LogP contribution in [0.15, 0.2) is 59.8 Å². The molecular weight excluding hydrogens is 400 g/mol. The lowest BCUT2D eigenvalue weighted by molar-refractivity contribution is -0.126. The molecule has 0 bridgehead atoms. The quantitative estimate of drug-likeness (QED) is 0.618. The van der Waals surface area contributed by atoms with Gasteiger partial charge in [-0.25, -0.2) is 8.42 Å². The van der Waals surface area contributed by atoms with Gasteiger partial charge < -0.3 is 10.2 Å². The van der Waals surface area contributed by atoms with Crippen molar-refractivity contribution in [3.8, 4) is 0 Å². The molecule has 0 aliphatic carbocycles. The third-order valence-electron chi connectivity index (χ3n) is 5.50. The number of aromatic nitrogens is 1. The number of nitrogens with zero attached hydrogens (tertiary/aromatic N) is 3. The Bertz CT molecular complexity index is 898. The third kappa shape index (κ3) is 5.58. The van der Waals surface area contributed by atoms with Crippen LogP contribution in [0.25, 0.3) is 0 Å². The Balaban J connectivity index is 1.41. The number of anilines is 1. The van der Waals surface area contributed by atoms with E-state index in [1.807, 2.05) is 18.2 Å². The Morgan fingerprint density at radius 1 is 1.17 bits per heavy atom. The van der Waals surface area contributed by atoms with Crippen LogP contribution in [-0.4, -0.2) is 56.3 Å². The van der Waals surface area contributed by atoms with Crippen molar-refractivity contribution in [1.29, 1.82) is 0 Å². The summed E-state index contributed by atoms with van der Waals surface area (Å²) in [6.07, 6.45) is 4.86. The summed E-state index contributed by atoms with van der Waals surface area (Å²) >= 11 is 0. The second kappa shape index (κ2) is 10.5. The zero-order valence-electron chi connectivity index (χ0n) is 17.4. The molecule has 1 aliphatic rings. The van der Waals surface area contributed by atoms with E-state index in [4.69, 9.17) is 0 Å². The van der Waals surface area contributed by atoms with Crippen molar-refractivity contribution >= 4 is 21.6 Å². The highest BCUT2D eigenvalue weighted by Gasteiger charge is 2.32. The van der Waals surface area contributed by atoms with Crippen LogP contribution >= 0.6 is 0 Å². The molecule has 7 nitrogen and oxygen atoms in total. The number of para-hydroxylation sites is 1. The predicted molar refractivity (Wildman–Crippen MR) is 118 cm³/mol. The summed E-state index contributed by atoms with van der Waals surface area (Å²) in [5.41, 5.74) is 1.19. The summed E-state index contributed by atoms with van der Waals surface area (Å²) in [5.74, 6) is -0.113. The smallest absolute Gasteiger partial charge is 0.244 e. The highest BCUT2D eigenvalue weighted by Crippen LogP contribution is 2.23. The monoisotopic (exact) mass is 430 g/mol. The van der Waals surface area contributed by atoms with Crippen LogP contribution < -0.4 is 10.2 Å². The Morgan fingerprint density at radius 3 is 2.53 bits per heavy atom. The van der Waals surface area contributed by atoms with E-state index in [0.717, 1.165) is 19.5 Å². The van der Waals surface area contributed by atoms with Crippen LogP contribution in [-0.2, 0) is 14.8 Å². The van der Waals surface area contributed by atoms with Gasteiger partial charge in [-0.15, -0.1) is 0 Å². The topological polar surface area (TPSA) is 82.6 Å². The summed E-state index contributed by atoms with van der Waals surface area (Å²) in [5, 5.41) is 3.02. The molecule has 0 saturated carbocycles. The van der Waals surface area contributed by atoms with Gasteiger partial charge in [-0.3, -0.25) is 9.78 Å². The maximum absolute atomic E-state index is 12.7. The number of amides is 1. The van der Waals surface area contributed by atoms with E-state index in [-0.39, 0.29) is 16.7 Å². The molecule has 1 fully saturated rings. The van der Waals surface area contributed by atoms with Crippen LogP contribution in [0.2, 0.25) is 0 Å². The number of nitrogens with one attached hydrogen (secondary N) is 1. The summed E-state index contributed by atoms with van der Waals surface area (Å²) in [4.78, 5) is 18.9. The van der Waals surface area contributed by atoms with Gasteiger partial charge in [0.25, 0.3) is 0 Å². The van der Waals surface area contributed by atoms with Crippen LogP contribution in [0.1, 0.15) is 26.2 Å². The molecule has 0 spiro atoms. The van der Waals surface area contributed by atoms with Gasteiger partial charge in [0, 0.05) is 56.7 Å². The molecule has 1 aliphatic heterocycles. The number of pyridine rings is 1. The minimum absolute atomic E-state index is 0.0242. The molecule has 0 atom stereocenters. The molecule has 0 unspecified atom stereocenters. The first-order valence-corrected chi connectivity index (χ1v) is 11.9. The zero-order chi connectivity index (χ0) is 21.4. The van der Waals surface area contributed by atoms with Gasteiger partial charge in [-0.05, 0) is 50.5 Å². The lowest BCUT2D eigenvalue weighted by Crippen LogP contribution is -2.43. The van der Waals surface area contributed by atoms with E-state index in [1.165, 1.54) is 16.2 Å². The van der Waals surface area contributed by atoms with Crippen molar-refractivity contribution in [3.05, 3.63) is 54.9 Å². The van der Waals surface area contributed by atoms with Crippen LogP contribution in [0.5, 0.6) is 0 Å². The third-order valence-corrected chi connectivity index (χ3v) is 7.39. The second-order valence-corrected chi connectivity index (χ2v) is 9.36. The maximum Gasteiger partial charge on any atom is 0.244 e. The first-order valence-electron chi connectivity index (χ1n) is 10.5. The molecule has 0 radical (unpaired) electrons. The van der Waals surface area contributed by atoms with Gasteiger partial charge in [0.05, 0.1) is 0 Å². The molecule has 1 saturated heterocycles. The molecule has 1 aromatic heterocycles. The van der Waals surface area contributed by atoms with Crippen molar-refractivity contribution in [2.75, 3.05) is 37.6 Å². The molecule has 3 rings (SSSR count). The molecule has 1 N–H and O–H groups in total. The summed E-state index contributed by atoms with van der Waals surface area (Å²) in [6, 6.07) is 13.4. The summed E-state index contributed by atoms with van der Waals surface area (Å²) in [7, 11) is -3.54. The van der Waals surface area contributed by atoms with Crippen molar-refractivity contribution in [1.82, 2.24) is 14.6 Å². The van der Waals surface area contributed by atoms with Gasteiger partial charge in [0.1, 0.15) is 4.90 Å². The van der Waals surface area contributed by atoms with Crippen molar-refractivity contribution in [3.63, 3.8) is 0 Å². The van der Waals surface area contributed by atoms with E-state index >= 15 is 0 Å². The zero-order valence-corrected chi connectivity index (χ0v) is 18.2. The van der Waals surface area contributed by atoms with Gasteiger partial charge in [-0.2, -0.15) is 4.31 Å². The number of sulfonamides is 1. The second-order valence-electron chi connectivity index (χ2n) is 7.43. The van der Waals surface area contributed by atoms with E-state index in [0.29, 0.717) is 32.5 Å². The van der Waals surface area contributed by atoms with Crippen molar-refractivity contribution < 1.29 is 13.2 Å². The molecule has 1 amide bonds. The average Bonchev–Trinajstić information content (AvgIpc) is 2.80. The molecule has 2 aromatic rings. The van der Waals surface area contributed by atoms with Gasteiger partial charge in [0.2, 0.25) is 15.9 Å². The first kappa shape index (κ1) is 22.2. The Morgan fingerprint density at radius 2 is 1.90 bits per heavy atom. The molecular formula is C22H30N4O3S. The fourth-order valence-electron chi connectivity index (χ4n) is 3.74. The number of carbonyl (C=O) groups excluding carboxylic acids is 1. The average molecular weight is 431 g/mol. The van der Waals surface area contributed by atoms with E-state index in [1.54, 1.807) is 18.3 Å². The van der Waals surface area contributed by atoms with Crippen LogP contribution in [0, 0.1) is 5.92 Å². The number of carbonyl (C=O) groups is 1. The van der Waals surface area contributed by atoms with Crippen LogP contribution in [0.4, 0.5) is 5.69 Å². The van der Waals surface area contributed by atoms with E-state index < -0.39 is 10.0 Å². The van der Waals surface area contributed by atoms with Crippen molar-refractivity contribution in [2.24, 2.45) is 5.92 Å². The lowest BCUT2D eigenvalue weighted by atomic mass is 9.97. The molecule has 2 heterocycles. The Labute approximate surface area is 179 Å². The Hall–Kier alpha value is -2.45. The molecule has 30 heavy (non-hydrogen) atoms. The first-order chi connectivity index (χ1) is 14.5. The molecule has 1 aromatic carbocycles. The number of benzene rings is 1. The maximum atomic E-state index is 12.7. The Kier molecular flexibility index (Phi) is 7.81. The van der Waals surface area contributed by atoms with E-state index in [9.17, 15) is 13.2 Å². The largest absolute Gasteiger partial charge is 0.372 e. The predicted octanol–water partition coefficient (Wildman–Crippen LogP) is 2.52. The van der Waals surface area contributed by atoms with Crippen LogP contribution in [0.3, 0.4) is 0 Å². The van der Waals surface area contributed by atoms with Gasteiger partial charge in [0.15, 0.2) is 0 Å². The highest BCUT2D eigenvalue weighted by molar-refractivity contribution is 7.89. The number of piperidine rings is 1. The lowest BCUT2D eigenvalue weighted by Gasteiger charge is -2.30. The van der Waals surface area contributed by atoms with E-state index in [2.05, 4.69) is 34.3 Å². The summed E-state index contributed by atoms with van der Waals surface area (Å²) in [6.45, 7) is 5.25. The number of hydrogen-bond acceptors (Lipinski definition) is 5. The summed E-state index contributed by atoms with van der Waals surface area (Å²) < 4.78 is 26.8.